The highest BCUT2D eigenvalue weighted by atomic mass is 16.2. The number of carbonyl (C=O) groups is 1. The molecule has 3 nitrogen and oxygen atoms in total. The van der Waals surface area contributed by atoms with Crippen molar-refractivity contribution in [2.45, 2.75) is 38.3 Å². The van der Waals surface area contributed by atoms with Gasteiger partial charge in [-0.05, 0) is 43.2 Å². The normalized spacial score (nSPS) is 28.1. The SMILES string of the molecule is CC1CCNC1C(=O)NC(c1ccccc1)C1CC1. The molecule has 19 heavy (non-hydrogen) atoms. The quantitative estimate of drug-likeness (QED) is 0.869. The van der Waals surface area contributed by atoms with Gasteiger partial charge in [0, 0.05) is 0 Å². The molecule has 1 aliphatic heterocycles. The summed E-state index contributed by atoms with van der Waals surface area (Å²) in [4.78, 5) is 12.4. The molecule has 3 rings (SSSR count). The van der Waals surface area contributed by atoms with E-state index < -0.39 is 0 Å². The Bertz CT molecular complexity index is 441. The lowest BCUT2D eigenvalue weighted by Crippen LogP contribution is -2.45. The highest BCUT2D eigenvalue weighted by Gasteiger charge is 2.36. The molecule has 1 aliphatic carbocycles. The maximum atomic E-state index is 12.4. The summed E-state index contributed by atoms with van der Waals surface area (Å²) in [5.41, 5.74) is 1.24. The summed E-state index contributed by atoms with van der Waals surface area (Å²) in [6.07, 6.45) is 3.55. The molecular weight excluding hydrogens is 236 g/mol. The largest absolute Gasteiger partial charge is 0.348 e. The summed E-state index contributed by atoms with van der Waals surface area (Å²) in [6, 6.07) is 10.5. The molecule has 0 spiro atoms. The first-order chi connectivity index (χ1) is 9.25. The minimum Gasteiger partial charge on any atom is -0.348 e. The van der Waals surface area contributed by atoms with Crippen molar-refractivity contribution in [1.29, 1.82) is 0 Å². The maximum Gasteiger partial charge on any atom is 0.237 e. The highest BCUT2D eigenvalue weighted by molar-refractivity contribution is 5.82. The molecule has 1 aromatic carbocycles. The molecule has 2 aliphatic rings. The van der Waals surface area contributed by atoms with Crippen LogP contribution < -0.4 is 10.6 Å². The van der Waals surface area contributed by atoms with Gasteiger partial charge in [-0.3, -0.25) is 4.79 Å². The first-order valence-electron chi connectivity index (χ1n) is 7.34. The van der Waals surface area contributed by atoms with Crippen LogP contribution in [0.3, 0.4) is 0 Å². The van der Waals surface area contributed by atoms with Gasteiger partial charge in [-0.1, -0.05) is 37.3 Å². The fraction of sp³-hybridized carbons (Fsp3) is 0.562. The molecule has 3 heteroatoms. The lowest BCUT2D eigenvalue weighted by molar-refractivity contribution is -0.124. The first-order valence-corrected chi connectivity index (χ1v) is 7.34. The Hall–Kier alpha value is -1.35. The third-order valence-electron chi connectivity index (χ3n) is 4.37. The van der Waals surface area contributed by atoms with E-state index in [0.29, 0.717) is 11.8 Å². The number of hydrogen-bond donors (Lipinski definition) is 2. The van der Waals surface area contributed by atoms with Crippen molar-refractivity contribution in [3.63, 3.8) is 0 Å². The molecule has 1 heterocycles. The van der Waals surface area contributed by atoms with Gasteiger partial charge in [0.25, 0.3) is 0 Å². The van der Waals surface area contributed by atoms with Gasteiger partial charge in [-0.15, -0.1) is 0 Å². The predicted octanol–water partition coefficient (Wildman–Crippen LogP) is 2.25. The maximum absolute atomic E-state index is 12.4. The van der Waals surface area contributed by atoms with E-state index in [1.165, 1.54) is 18.4 Å². The Kier molecular flexibility index (Phi) is 3.56. The number of amides is 1. The number of hydrogen-bond acceptors (Lipinski definition) is 2. The van der Waals surface area contributed by atoms with Crippen LogP contribution in [0.1, 0.15) is 37.8 Å². The van der Waals surface area contributed by atoms with E-state index >= 15 is 0 Å². The summed E-state index contributed by atoms with van der Waals surface area (Å²) in [5.74, 6) is 1.24. The third kappa shape index (κ3) is 2.81. The van der Waals surface area contributed by atoms with E-state index in [0.717, 1.165) is 13.0 Å². The summed E-state index contributed by atoms with van der Waals surface area (Å²) in [7, 11) is 0. The molecule has 3 atom stereocenters. The summed E-state index contributed by atoms with van der Waals surface area (Å²) < 4.78 is 0. The Labute approximate surface area is 114 Å². The van der Waals surface area contributed by atoms with Crippen molar-refractivity contribution in [1.82, 2.24) is 10.6 Å². The minimum absolute atomic E-state index is 0.00929. The van der Waals surface area contributed by atoms with Crippen LogP contribution in [0.25, 0.3) is 0 Å². The van der Waals surface area contributed by atoms with Gasteiger partial charge in [0.2, 0.25) is 5.91 Å². The topological polar surface area (TPSA) is 41.1 Å². The van der Waals surface area contributed by atoms with E-state index in [2.05, 4.69) is 29.7 Å². The van der Waals surface area contributed by atoms with E-state index in [1.807, 2.05) is 18.2 Å². The van der Waals surface area contributed by atoms with Gasteiger partial charge < -0.3 is 10.6 Å². The average molecular weight is 258 g/mol. The second kappa shape index (κ2) is 5.33. The molecule has 0 radical (unpaired) electrons. The van der Waals surface area contributed by atoms with Gasteiger partial charge >= 0.3 is 0 Å². The van der Waals surface area contributed by atoms with Gasteiger partial charge in [-0.2, -0.15) is 0 Å². The van der Waals surface area contributed by atoms with Crippen molar-refractivity contribution in [3.05, 3.63) is 35.9 Å². The van der Waals surface area contributed by atoms with Crippen LogP contribution in [-0.4, -0.2) is 18.5 Å². The lowest BCUT2D eigenvalue weighted by Gasteiger charge is -2.23. The lowest BCUT2D eigenvalue weighted by atomic mass is 9.99. The van der Waals surface area contributed by atoms with Gasteiger partial charge in [0.1, 0.15) is 0 Å². The fourth-order valence-electron chi connectivity index (χ4n) is 2.99. The van der Waals surface area contributed by atoms with Crippen molar-refractivity contribution >= 4 is 5.91 Å². The Balaban J connectivity index is 1.70. The van der Waals surface area contributed by atoms with Gasteiger partial charge in [0.15, 0.2) is 0 Å². The second-order valence-electron chi connectivity index (χ2n) is 5.93. The average Bonchev–Trinajstić information content (AvgIpc) is 3.18. The summed E-state index contributed by atoms with van der Waals surface area (Å²) in [6.45, 7) is 3.11. The molecule has 2 fully saturated rings. The number of nitrogens with one attached hydrogen (secondary N) is 2. The van der Waals surface area contributed by atoms with Gasteiger partial charge in [-0.25, -0.2) is 0 Å². The molecule has 1 amide bonds. The standard InChI is InChI=1S/C16H22N2O/c1-11-9-10-17-14(11)16(19)18-15(13-7-8-13)12-5-3-2-4-6-12/h2-6,11,13-15,17H,7-10H2,1H3,(H,18,19). The van der Waals surface area contributed by atoms with Crippen LogP contribution in [-0.2, 0) is 4.79 Å². The molecule has 1 saturated heterocycles. The smallest absolute Gasteiger partial charge is 0.237 e. The molecule has 0 aromatic heterocycles. The number of carbonyl (C=O) groups excluding carboxylic acids is 1. The molecule has 3 unspecified atom stereocenters. The van der Waals surface area contributed by atoms with Crippen LogP contribution in [0.15, 0.2) is 30.3 Å². The summed E-state index contributed by atoms with van der Waals surface area (Å²) >= 11 is 0. The van der Waals surface area contributed by atoms with Crippen molar-refractivity contribution in [2.24, 2.45) is 11.8 Å². The molecule has 1 aromatic rings. The third-order valence-corrected chi connectivity index (χ3v) is 4.37. The van der Waals surface area contributed by atoms with Crippen molar-refractivity contribution in [2.75, 3.05) is 6.54 Å². The molecule has 1 saturated carbocycles. The summed E-state index contributed by atoms with van der Waals surface area (Å²) in [5, 5.41) is 6.58. The van der Waals surface area contributed by atoms with E-state index in [4.69, 9.17) is 0 Å². The van der Waals surface area contributed by atoms with E-state index in [9.17, 15) is 4.79 Å². The van der Waals surface area contributed by atoms with E-state index in [-0.39, 0.29) is 18.0 Å². The number of rotatable bonds is 4. The van der Waals surface area contributed by atoms with Crippen LogP contribution in [0.5, 0.6) is 0 Å². The highest BCUT2D eigenvalue weighted by Crippen LogP contribution is 2.41. The predicted molar refractivity (Wildman–Crippen MR) is 75.6 cm³/mol. The molecular formula is C16H22N2O. The van der Waals surface area contributed by atoms with Crippen molar-refractivity contribution < 1.29 is 4.79 Å². The zero-order valence-electron chi connectivity index (χ0n) is 11.4. The van der Waals surface area contributed by atoms with E-state index in [1.54, 1.807) is 0 Å². The first kappa shape index (κ1) is 12.7. The van der Waals surface area contributed by atoms with Crippen LogP contribution >= 0.6 is 0 Å². The number of benzene rings is 1. The van der Waals surface area contributed by atoms with Crippen LogP contribution in [0.4, 0.5) is 0 Å². The van der Waals surface area contributed by atoms with Crippen molar-refractivity contribution in [3.8, 4) is 0 Å². The Morgan fingerprint density at radius 3 is 2.58 bits per heavy atom. The Morgan fingerprint density at radius 2 is 2.00 bits per heavy atom. The Morgan fingerprint density at radius 1 is 1.26 bits per heavy atom. The van der Waals surface area contributed by atoms with Gasteiger partial charge in [0.05, 0.1) is 12.1 Å². The molecule has 2 N–H and O–H groups in total. The zero-order valence-corrected chi connectivity index (χ0v) is 11.4. The molecule has 0 bridgehead atoms. The minimum atomic E-state index is -0.00929. The fourth-order valence-corrected chi connectivity index (χ4v) is 2.99. The molecule has 102 valence electrons. The second-order valence-corrected chi connectivity index (χ2v) is 5.93. The monoisotopic (exact) mass is 258 g/mol. The van der Waals surface area contributed by atoms with Crippen LogP contribution in [0.2, 0.25) is 0 Å². The zero-order chi connectivity index (χ0) is 13.2. The van der Waals surface area contributed by atoms with Crippen LogP contribution in [0, 0.1) is 11.8 Å².